The second-order valence-electron chi connectivity index (χ2n) is 6.04. The molecule has 1 atom stereocenters. The largest absolute Gasteiger partial charge is 0.482 e. The third-order valence-corrected chi connectivity index (χ3v) is 4.42. The van der Waals surface area contributed by atoms with Gasteiger partial charge in [-0.3, -0.25) is 19.3 Å². The van der Waals surface area contributed by atoms with Crippen LogP contribution in [-0.2, 0) is 9.59 Å². The molecule has 2 heterocycles. The van der Waals surface area contributed by atoms with Crippen molar-refractivity contribution < 1.29 is 19.1 Å². The number of nitrogens with one attached hydrogen (secondary N) is 1. The van der Waals surface area contributed by atoms with E-state index in [1.54, 1.807) is 30.0 Å². The molecule has 2 aliphatic rings. The number of rotatable bonds is 3. The van der Waals surface area contributed by atoms with E-state index in [0.29, 0.717) is 30.1 Å². The molecule has 2 amide bonds. The fraction of sp³-hybridized carbons (Fsp3) is 0.471. The Hall–Kier alpha value is -2.41. The maximum absolute atomic E-state index is 12.8. The highest BCUT2D eigenvalue weighted by molar-refractivity contribution is 6.05. The summed E-state index contributed by atoms with van der Waals surface area (Å²) in [5, 5.41) is 3.20. The molecule has 1 N–H and O–H groups in total. The molecule has 1 unspecified atom stereocenters. The maximum Gasteiger partial charge on any atom is 0.265 e. The number of amides is 2. The Morgan fingerprint density at radius 2 is 1.96 bits per heavy atom. The monoisotopic (exact) mass is 331 g/mol. The molecular formula is C17H21N3O4. The number of hydrogen-bond acceptors (Lipinski definition) is 5. The van der Waals surface area contributed by atoms with E-state index in [9.17, 15) is 14.4 Å². The maximum atomic E-state index is 12.8. The van der Waals surface area contributed by atoms with E-state index in [1.807, 2.05) is 0 Å². The van der Waals surface area contributed by atoms with Gasteiger partial charge in [-0.2, -0.15) is 0 Å². The van der Waals surface area contributed by atoms with Gasteiger partial charge in [0.15, 0.2) is 12.4 Å². The number of ether oxygens (including phenoxy) is 1. The number of anilines is 1. The molecule has 1 fully saturated rings. The predicted molar refractivity (Wildman–Crippen MR) is 88.3 cm³/mol. The standard InChI is InChI=1S/C17H21N3O4/c1-11(17(23)19-7-5-18-6-8-19)20-14-9-13(12(2)21)3-4-15(14)24-10-16(20)22/h3-4,9,11,18H,5-8,10H2,1-2H3. The third-order valence-electron chi connectivity index (χ3n) is 4.42. The minimum atomic E-state index is -0.638. The van der Waals surface area contributed by atoms with Crippen LogP contribution in [0.2, 0.25) is 0 Å². The molecule has 0 saturated carbocycles. The lowest BCUT2D eigenvalue weighted by Gasteiger charge is -2.37. The summed E-state index contributed by atoms with van der Waals surface area (Å²) >= 11 is 0. The summed E-state index contributed by atoms with van der Waals surface area (Å²) in [6, 6.07) is 4.32. The normalized spacial score (nSPS) is 18.7. The van der Waals surface area contributed by atoms with Crippen LogP contribution in [0.4, 0.5) is 5.69 Å². The van der Waals surface area contributed by atoms with Gasteiger partial charge in [-0.05, 0) is 32.0 Å². The van der Waals surface area contributed by atoms with E-state index in [1.165, 1.54) is 11.8 Å². The van der Waals surface area contributed by atoms with Gasteiger partial charge in [-0.1, -0.05) is 0 Å². The smallest absolute Gasteiger partial charge is 0.265 e. The number of piperazine rings is 1. The van der Waals surface area contributed by atoms with Crippen LogP contribution in [-0.4, -0.2) is 61.3 Å². The van der Waals surface area contributed by atoms with Crippen molar-refractivity contribution in [3.05, 3.63) is 23.8 Å². The molecule has 0 aliphatic carbocycles. The first kappa shape index (κ1) is 16.4. The van der Waals surface area contributed by atoms with Crippen LogP contribution in [0.15, 0.2) is 18.2 Å². The molecule has 7 nitrogen and oxygen atoms in total. The summed E-state index contributed by atoms with van der Waals surface area (Å²) in [6.45, 7) is 5.83. The van der Waals surface area contributed by atoms with Crippen molar-refractivity contribution in [2.45, 2.75) is 19.9 Å². The number of carbonyl (C=O) groups is 3. The van der Waals surface area contributed by atoms with Crippen LogP contribution in [0.1, 0.15) is 24.2 Å². The summed E-state index contributed by atoms with van der Waals surface area (Å²) in [4.78, 5) is 40.0. The van der Waals surface area contributed by atoms with Crippen LogP contribution in [0.25, 0.3) is 0 Å². The van der Waals surface area contributed by atoms with Crippen molar-refractivity contribution in [2.24, 2.45) is 0 Å². The Balaban J connectivity index is 1.92. The molecule has 0 spiro atoms. The Kier molecular flexibility index (Phi) is 4.53. The van der Waals surface area contributed by atoms with Crippen molar-refractivity contribution >= 4 is 23.3 Å². The van der Waals surface area contributed by atoms with Crippen molar-refractivity contribution in [2.75, 3.05) is 37.7 Å². The molecule has 128 valence electrons. The molecule has 3 rings (SSSR count). The zero-order valence-corrected chi connectivity index (χ0v) is 13.9. The fourth-order valence-electron chi connectivity index (χ4n) is 3.07. The molecule has 1 aromatic rings. The van der Waals surface area contributed by atoms with E-state index in [0.717, 1.165) is 13.1 Å². The number of hydrogen-bond donors (Lipinski definition) is 1. The van der Waals surface area contributed by atoms with Gasteiger partial charge in [0, 0.05) is 31.7 Å². The SMILES string of the molecule is CC(=O)c1ccc2c(c1)N(C(C)C(=O)N1CCNCC1)C(=O)CO2. The summed E-state index contributed by atoms with van der Waals surface area (Å²) in [5.41, 5.74) is 0.966. The van der Waals surface area contributed by atoms with Crippen LogP contribution in [0, 0.1) is 0 Å². The van der Waals surface area contributed by atoms with Crippen molar-refractivity contribution in [1.29, 1.82) is 0 Å². The van der Waals surface area contributed by atoms with Gasteiger partial charge in [-0.15, -0.1) is 0 Å². The van der Waals surface area contributed by atoms with Gasteiger partial charge in [0.05, 0.1) is 5.69 Å². The molecule has 1 aromatic carbocycles. The van der Waals surface area contributed by atoms with Crippen LogP contribution >= 0.6 is 0 Å². The number of Topliss-reactive ketones (excluding diaryl/α,β-unsaturated/α-hetero) is 1. The molecule has 0 aromatic heterocycles. The number of nitrogens with zero attached hydrogens (tertiary/aromatic N) is 2. The summed E-state index contributed by atoms with van der Waals surface area (Å²) in [5.74, 6) is 0.0431. The lowest BCUT2D eigenvalue weighted by atomic mass is 10.1. The van der Waals surface area contributed by atoms with Gasteiger partial charge in [0.1, 0.15) is 11.8 Å². The first-order valence-electron chi connectivity index (χ1n) is 8.08. The van der Waals surface area contributed by atoms with Crippen molar-refractivity contribution in [3.63, 3.8) is 0 Å². The zero-order valence-electron chi connectivity index (χ0n) is 13.9. The van der Waals surface area contributed by atoms with E-state index in [4.69, 9.17) is 4.74 Å². The number of fused-ring (bicyclic) bond motifs is 1. The first-order valence-corrected chi connectivity index (χ1v) is 8.08. The second-order valence-corrected chi connectivity index (χ2v) is 6.04. The second kappa shape index (κ2) is 6.60. The summed E-state index contributed by atoms with van der Waals surface area (Å²) in [6.07, 6.45) is 0. The molecular weight excluding hydrogens is 310 g/mol. The van der Waals surface area contributed by atoms with Gasteiger partial charge in [-0.25, -0.2) is 0 Å². The highest BCUT2D eigenvalue weighted by Crippen LogP contribution is 2.34. The van der Waals surface area contributed by atoms with Crippen molar-refractivity contribution in [1.82, 2.24) is 10.2 Å². The Bertz CT molecular complexity index is 682. The van der Waals surface area contributed by atoms with Gasteiger partial charge in [0.2, 0.25) is 5.91 Å². The third kappa shape index (κ3) is 2.99. The Labute approximate surface area is 140 Å². The molecule has 24 heavy (non-hydrogen) atoms. The van der Waals surface area contributed by atoms with E-state index >= 15 is 0 Å². The highest BCUT2D eigenvalue weighted by atomic mass is 16.5. The minimum Gasteiger partial charge on any atom is -0.482 e. The van der Waals surface area contributed by atoms with Gasteiger partial charge < -0.3 is 15.0 Å². The van der Waals surface area contributed by atoms with Gasteiger partial charge in [0.25, 0.3) is 5.91 Å². The fourth-order valence-corrected chi connectivity index (χ4v) is 3.07. The Morgan fingerprint density at radius 3 is 2.62 bits per heavy atom. The molecule has 1 saturated heterocycles. The molecule has 0 radical (unpaired) electrons. The van der Waals surface area contributed by atoms with Crippen molar-refractivity contribution in [3.8, 4) is 5.75 Å². The number of ketones is 1. The van der Waals surface area contributed by atoms with Crippen LogP contribution < -0.4 is 15.0 Å². The van der Waals surface area contributed by atoms with Crippen LogP contribution in [0.3, 0.4) is 0 Å². The lowest BCUT2D eigenvalue weighted by Crippen LogP contribution is -2.56. The average Bonchev–Trinajstić information content (AvgIpc) is 2.60. The molecule has 7 heteroatoms. The summed E-state index contributed by atoms with van der Waals surface area (Å²) in [7, 11) is 0. The quantitative estimate of drug-likeness (QED) is 0.813. The first-order chi connectivity index (χ1) is 11.5. The molecule has 2 aliphatic heterocycles. The van der Waals surface area contributed by atoms with E-state index in [2.05, 4.69) is 5.32 Å². The lowest BCUT2D eigenvalue weighted by molar-refractivity contribution is -0.135. The predicted octanol–water partition coefficient (Wildman–Crippen LogP) is 0.435. The Morgan fingerprint density at radius 1 is 1.25 bits per heavy atom. The number of carbonyl (C=O) groups excluding carboxylic acids is 3. The zero-order chi connectivity index (χ0) is 17.3. The van der Waals surface area contributed by atoms with Crippen LogP contribution in [0.5, 0.6) is 5.75 Å². The average molecular weight is 331 g/mol. The van der Waals surface area contributed by atoms with E-state index in [-0.39, 0.29) is 24.2 Å². The minimum absolute atomic E-state index is 0.0917. The van der Waals surface area contributed by atoms with Gasteiger partial charge >= 0.3 is 0 Å². The van der Waals surface area contributed by atoms with E-state index < -0.39 is 6.04 Å². The topological polar surface area (TPSA) is 79.0 Å². The number of benzene rings is 1. The molecule has 0 bridgehead atoms. The summed E-state index contributed by atoms with van der Waals surface area (Å²) < 4.78 is 5.44. The highest BCUT2D eigenvalue weighted by Gasteiger charge is 2.35.